The minimum Gasteiger partial charge on any atom is -0.481 e. The van der Waals surface area contributed by atoms with Crippen molar-refractivity contribution in [2.75, 3.05) is 19.7 Å². The summed E-state index contributed by atoms with van der Waals surface area (Å²) in [5, 5.41) is 56.9. The Bertz CT molecular complexity index is 1620. The van der Waals surface area contributed by atoms with Crippen LogP contribution in [-0.2, 0) is 52.7 Å². The number of carboxylic acids is 4. The van der Waals surface area contributed by atoms with Crippen molar-refractivity contribution in [1.29, 1.82) is 0 Å². The quantitative estimate of drug-likeness (QED) is 0.0207. The minimum absolute atomic E-state index is 0.0238. The normalized spacial score (nSPS) is 16.4. The van der Waals surface area contributed by atoms with Crippen LogP contribution in [0, 0.1) is 0 Å². The van der Waals surface area contributed by atoms with Gasteiger partial charge in [0.1, 0.15) is 36.3 Å². The van der Waals surface area contributed by atoms with Crippen molar-refractivity contribution in [3.05, 3.63) is 0 Å². The van der Waals surface area contributed by atoms with Gasteiger partial charge in [0.05, 0.1) is 25.5 Å². The number of carboxylic acid groups (broad SMARTS) is 4. The molecule has 59 heavy (non-hydrogen) atoms. The third-order valence-corrected chi connectivity index (χ3v) is 8.54. The highest BCUT2D eigenvalue weighted by molar-refractivity contribution is 5.99. The van der Waals surface area contributed by atoms with Gasteiger partial charge in [-0.15, -0.1) is 0 Å². The molecule has 1 heterocycles. The number of amides is 7. The number of rotatable bonds is 27. The third-order valence-electron chi connectivity index (χ3n) is 8.54. The fourth-order valence-corrected chi connectivity index (χ4v) is 5.55. The van der Waals surface area contributed by atoms with Crippen LogP contribution >= 0.6 is 0 Å². The van der Waals surface area contributed by atoms with Crippen LogP contribution in [0.5, 0.6) is 0 Å². The Balaban J connectivity index is 3.41. The molecule has 0 aromatic carbocycles. The van der Waals surface area contributed by atoms with Crippen molar-refractivity contribution in [2.45, 2.75) is 107 Å². The molecule has 0 bridgehead atoms. The Morgan fingerprint density at radius 3 is 1.66 bits per heavy atom. The van der Waals surface area contributed by atoms with E-state index < -0.39 is 153 Å². The number of aliphatic hydroxyl groups is 1. The Labute approximate surface area is 335 Å². The molecule has 27 nitrogen and oxygen atoms in total. The summed E-state index contributed by atoms with van der Waals surface area (Å²) in [6.07, 6.45) is -4.13. The van der Waals surface area contributed by atoms with Crippen molar-refractivity contribution in [3.63, 3.8) is 0 Å². The highest BCUT2D eigenvalue weighted by atomic mass is 16.4. The van der Waals surface area contributed by atoms with Crippen LogP contribution in [0.2, 0.25) is 0 Å². The Morgan fingerprint density at radius 1 is 0.644 bits per heavy atom. The topological polar surface area (TPSA) is 469 Å². The van der Waals surface area contributed by atoms with E-state index in [4.69, 9.17) is 28.0 Å². The fraction of sp³-hybridized carbons (Fsp3) is 0.625. The molecule has 1 saturated heterocycles. The zero-order valence-corrected chi connectivity index (χ0v) is 31.7. The maximum atomic E-state index is 13.9. The van der Waals surface area contributed by atoms with E-state index in [2.05, 4.69) is 20.9 Å². The summed E-state index contributed by atoms with van der Waals surface area (Å²) >= 11 is 0. The lowest BCUT2D eigenvalue weighted by atomic mass is 10.0. The lowest BCUT2D eigenvalue weighted by molar-refractivity contribution is -0.146. The van der Waals surface area contributed by atoms with E-state index in [-0.39, 0.29) is 44.7 Å². The van der Waals surface area contributed by atoms with Gasteiger partial charge >= 0.3 is 23.9 Å². The van der Waals surface area contributed by atoms with E-state index in [1.807, 2.05) is 10.6 Å². The van der Waals surface area contributed by atoms with E-state index in [1.165, 1.54) is 0 Å². The average Bonchev–Trinajstić information content (AvgIpc) is 3.64. The Kier molecular flexibility index (Phi) is 21.2. The molecular formula is C32H51N11O16. The van der Waals surface area contributed by atoms with Gasteiger partial charge in [-0.2, -0.15) is 0 Å². The van der Waals surface area contributed by atoms with Crippen LogP contribution in [0.3, 0.4) is 0 Å². The molecule has 18 N–H and O–H groups in total. The van der Waals surface area contributed by atoms with Crippen molar-refractivity contribution >= 4 is 71.2 Å². The molecule has 0 saturated carbocycles. The number of guanidine groups is 1. The number of hydrogen-bond donors (Lipinski definition) is 14. The number of nitrogens with one attached hydrogen (secondary N) is 5. The number of aliphatic hydroxyl groups excluding tert-OH is 1. The van der Waals surface area contributed by atoms with E-state index in [0.29, 0.717) is 0 Å². The standard InChI is InChI=1S/C32H51N11O16/c33-14(5-8-22(46)47)25(52)40-17(11-23(48)49)28(55)41-18(12-24(50)51)27(54)38-15(6-7-21(34)45)26(53)39-16(3-1-9-37-32(35)36)30(57)43-10-2-4-20(43)29(56)42-19(13-44)31(58)59/h14-20,44H,1-13,33H2,(H2,34,45)(H,38,54)(H,39,53)(H,40,52)(H,41,55)(H,42,56)(H,46,47)(H,48,49)(H,50,51)(H,58,59)(H4,35,36,37)/t14-,15-,16-,17-,18-,19-,20-/m0/s1. The molecule has 1 fully saturated rings. The van der Waals surface area contributed by atoms with Gasteiger partial charge in [0.25, 0.3) is 0 Å². The molecule has 1 aliphatic heterocycles. The summed E-state index contributed by atoms with van der Waals surface area (Å²) < 4.78 is 0. The molecule has 27 heteroatoms. The molecule has 7 amide bonds. The lowest BCUT2D eigenvalue weighted by Gasteiger charge is -2.30. The van der Waals surface area contributed by atoms with E-state index in [9.17, 15) is 73.2 Å². The van der Waals surface area contributed by atoms with Crippen molar-refractivity contribution in [3.8, 4) is 0 Å². The summed E-state index contributed by atoms with van der Waals surface area (Å²) in [5.74, 6) is -14.2. The number of carbonyl (C=O) groups is 11. The zero-order valence-electron chi connectivity index (χ0n) is 31.7. The summed E-state index contributed by atoms with van der Waals surface area (Å²) in [5.41, 5.74) is 21.6. The molecular weight excluding hydrogens is 794 g/mol. The van der Waals surface area contributed by atoms with Gasteiger partial charge in [-0.25, -0.2) is 4.79 Å². The molecule has 0 aromatic rings. The predicted octanol–water partition coefficient (Wildman–Crippen LogP) is -7.06. The first-order valence-corrected chi connectivity index (χ1v) is 18.0. The van der Waals surface area contributed by atoms with Crippen molar-refractivity contribution < 1.29 is 78.3 Å². The summed E-state index contributed by atoms with van der Waals surface area (Å²) in [4.78, 5) is 142. The number of nitrogens with zero attached hydrogens (tertiary/aromatic N) is 2. The van der Waals surface area contributed by atoms with E-state index in [0.717, 1.165) is 4.90 Å². The maximum Gasteiger partial charge on any atom is 0.328 e. The van der Waals surface area contributed by atoms with E-state index >= 15 is 0 Å². The smallest absolute Gasteiger partial charge is 0.328 e. The van der Waals surface area contributed by atoms with Gasteiger partial charge in [-0.3, -0.25) is 52.9 Å². The lowest BCUT2D eigenvalue weighted by Crippen LogP contribution is -2.60. The first-order chi connectivity index (χ1) is 27.6. The molecule has 330 valence electrons. The second-order valence-corrected chi connectivity index (χ2v) is 13.2. The number of nitrogens with two attached hydrogens (primary N) is 4. The van der Waals surface area contributed by atoms with Gasteiger partial charge in [0.2, 0.25) is 41.4 Å². The largest absolute Gasteiger partial charge is 0.481 e. The predicted molar refractivity (Wildman–Crippen MR) is 197 cm³/mol. The summed E-state index contributed by atoms with van der Waals surface area (Å²) in [6.45, 7) is -1.02. The number of primary amides is 1. The molecule has 0 unspecified atom stereocenters. The van der Waals surface area contributed by atoms with Gasteiger partial charge < -0.3 is 80.0 Å². The fourth-order valence-electron chi connectivity index (χ4n) is 5.55. The number of likely N-dealkylation sites (tertiary alicyclic amines) is 1. The second-order valence-electron chi connectivity index (χ2n) is 13.2. The van der Waals surface area contributed by atoms with Crippen LogP contribution in [0.15, 0.2) is 4.99 Å². The highest BCUT2D eigenvalue weighted by Gasteiger charge is 2.40. The third kappa shape index (κ3) is 18.4. The van der Waals surface area contributed by atoms with Gasteiger partial charge in [0, 0.05) is 25.9 Å². The SMILES string of the molecule is NC(=O)CC[C@H](NC(=O)[C@H](CC(=O)O)NC(=O)[C@H](CC(=O)O)NC(=O)[C@@H](N)CCC(=O)O)C(=O)N[C@@H](CCCN=C(N)N)C(=O)N1CCC[C@H]1C(=O)N[C@@H](CO)C(=O)O. The van der Waals surface area contributed by atoms with E-state index in [1.54, 1.807) is 0 Å². The Hall–Kier alpha value is -6.64. The monoisotopic (exact) mass is 845 g/mol. The zero-order chi connectivity index (χ0) is 45.0. The number of aliphatic imine (C=N–C) groups is 1. The van der Waals surface area contributed by atoms with Crippen LogP contribution in [0.1, 0.15) is 64.2 Å². The molecule has 0 spiro atoms. The van der Waals surface area contributed by atoms with Gasteiger partial charge in [-0.05, 0) is 38.5 Å². The minimum atomic E-state index is -2.06. The average molecular weight is 846 g/mol. The second kappa shape index (κ2) is 24.9. The number of carbonyl (C=O) groups excluding carboxylic acids is 7. The van der Waals surface area contributed by atoms with Gasteiger partial charge in [0.15, 0.2) is 5.96 Å². The molecule has 0 aliphatic carbocycles. The maximum absolute atomic E-state index is 13.9. The highest BCUT2D eigenvalue weighted by Crippen LogP contribution is 2.20. The molecule has 0 aromatic heterocycles. The van der Waals surface area contributed by atoms with Gasteiger partial charge in [-0.1, -0.05) is 0 Å². The number of hydrogen-bond acceptors (Lipinski definition) is 14. The molecule has 7 atom stereocenters. The first kappa shape index (κ1) is 50.4. The molecule has 0 radical (unpaired) electrons. The van der Waals surface area contributed by atoms with Crippen LogP contribution in [0.25, 0.3) is 0 Å². The van der Waals surface area contributed by atoms with Crippen molar-refractivity contribution in [1.82, 2.24) is 31.5 Å². The summed E-state index contributed by atoms with van der Waals surface area (Å²) in [6, 6.07) is -11.7. The first-order valence-electron chi connectivity index (χ1n) is 18.0. The van der Waals surface area contributed by atoms with Crippen molar-refractivity contribution in [2.24, 2.45) is 27.9 Å². The van der Waals surface area contributed by atoms with Crippen LogP contribution in [-0.4, -0.2) is 164 Å². The number of aliphatic carboxylic acids is 4. The van der Waals surface area contributed by atoms with Crippen LogP contribution < -0.4 is 49.5 Å². The Morgan fingerprint density at radius 2 is 1.17 bits per heavy atom. The van der Waals surface area contributed by atoms with Crippen LogP contribution in [0.4, 0.5) is 0 Å². The molecule has 1 aliphatic rings. The summed E-state index contributed by atoms with van der Waals surface area (Å²) in [7, 11) is 0. The molecule has 1 rings (SSSR count).